The van der Waals surface area contributed by atoms with Crippen LogP contribution in [0.3, 0.4) is 0 Å². The Morgan fingerprint density at radius 2 is 2.06 bits per heavy atom. The van der Waals surface area contributed by atoms with Gasteiger partial charge in [0.25, 0.3) is 0 Å². The van der Waals surface area contributed by atoms with Gasteiger partial charge in [-0.05, 0) is 29.8 Å². The van der Waals surface area contributed by atoms with Gasteiger partial charge < -0.3 is 10.0 Å². The van der Waals surface area contributed by atoms with Crippen LogP contribution >= 0.6 is 27.3 Å². The number of hydrogen-bond donors (Lipinski definition) is 1. The first kappa shape index (κ1) is 13.3. The molecule has 1 aromatic heterocycles. The van der Waals surface area contributed by atoms with E-state index in [4.69, 9.17) is 0 Å². The molecule has 1 fully saturated rings. The number of piperazine rings is 1. The predicted molar refractivity (Wildman–Crippen MR) is 74.8 cm³/mol. The van der Waals surface area contributed by atoms with Gasteiger partial charge in [-0.15, -0.1) is 11.3 Å². The summed E-state index contributed by atoms with van der Waals surface area (Å²) >= 11 is 5.05. The van der Waals surface area contributed by atoms with Crippen molar-refractivity contribution in [1.82, 2.24) is 9.88 Å². The molecule has 1 N–H and O–H groups in total. The number of halogens is 1. The van der Waals surface area contributed by atoms with E-state index in [1.807, 2.05) is 19.2 Å². The Morgan fingerprint density at radius 3 is 2.53 bits per heavy atom. The molecular weight excluding hydrogens is 302 g/mol. The Balaban J connectivity index is 1.86. The number of aromatic nitrogens is 1. The highest BCUT2D eigenvalue weighted by Crippen LogP contribution is 2.24. The van der Waals surface area contributed by atoms with Crippen molar-refractivity contribution in [2.75, 3.05) is 37.6 Å². The SMILES string of the molecule is CC(C)(O)CN1CCN(c2nc(Br)cs2)CC1. The van der Waals surface area contributed by atoms with E-state index in [9.17, 15) is 5.11 Å². The topological polar surface area (TPSA) is 39.6 Å². The summed E-state index contributed by atoms with van der Waals surface area (Å²) in [4.78, 5) is 9.03. The van der Waals surface area contributed by atoms with Gasteiger partial charge in [0.2, 0.25) is 0 Å². The summed E-state index contributed by atoms with van der Waals surface area (Å²) in [5.74, 6) is 0. The molecule has 4 nitrogen and oxygen atoms in total. The fourth-order valence-corrected chi connectivity index (χ4v) is 3.34. The standard InChI is InChI=1S/C11H18BrN3OS/c1-11(2,16)8-14-3-5-15(6-4-14)10-13-9(12)7-17-10/h7,16H,3-6,8H2,1-2H3. The Bertz CT molecular complexity index is 369. The minimum Gasteiger partial charge on any atom is -0.389 e. The first-order valence-corrected chi connectivity index (χ1v) is 7.42. The van der Waals surface area contributed by atoms with Gasteiger partial charge in [-0.1, -0.05) is 0 Å². The van der Waals surface area contributed by atoms with Gasteiger partial charge in [0.05, 0.1) is 5.60 Å². The molecule has 0 radical (unpaired) electrons. The van der Waals surface area contributed by atoms with Gasteiger partial charge in [0, 0.05) is 38.1 Å². The minimum atomic E-state index is -0.605. The largest absolute Gasteiger partial charge is 0.389 e. The zero-order chi connectivity index (χ0) is 12.5. The summed E-state index contributed by atoms with van der Waals surface area (Å²) in [5, 5.41) is 12.9. The maximum Gasteiger partial charge on any atom is 0.186 e. The van der Waals surface area contributed by atoms with Crippen molar-refractivity contribution in [3.63, 3.8) is 0 Å². The first-order valence-electron chi connectivity index (χ1n) is 5.75. The molecule has 17 heavy (non-hydrogen) atoms. The van der Waals surface area contributed by atoms with Crippen LogP contribution in [0.1, 0.15) is 13.8 Å². The number of thiazole rings is 1. The van der Waals surface area contributed by atoms with Crippen molar-refractivity contribution in [3.8, 4) is 0 Å². The van der Waals surface area contributed by atoms with E-state index in [2.05, 4.69) is 30.7 Å². The Kier molecular flexibility index (Phi) is 4.07. The summed E-state index contributed by atoms with van der Waals surface area (Å²) in [7, 11) is 0. The van der Waals surface area contributed by atoms with E-state index in [1.54, 1.807) is 11.3 Å². The average Bonchev–Trinajstić information content (AvgIpc) is 2.63. The molecule has 1 aromatic rings. The van der Waals surface area contributed by atoms with Crippen molar-refractivity contribution in [1.29, 1.82) is 0 Å². The molecular formula is C11H18BrN3OS. The molecule has 1 aliphatic heterocycles. The second-order valence-corrected chi connectivity index (χ2v) is 6.68. The molecule has 1 aliphatic rings. The lowest BCUT2D eigenvalue weighted by molar-refractivity contribution is 0.0345. The number of hydrogen-bond acceptors (Lipinski definition) is 5. The van der Waals surface area contributed by atoms with E-state index in [-0.39, 0.29) is 0 Å². The van der Waals surface area contributed by atoms with Gasteiger partial charge in [-0.2, -0.15) is 0 Å². The number of anilines is 1. The summed E-state index contributed by atoms with van der Waals surface area (Å²) in [6, 6.07) is 0. The molecule has 0 spiro atoms. The van der Waals surface area contributed by atoms with Gasteiger partial charge in [-0.3, -0.25) is 4.90 Å². The fourth-order valence-electron chi connectivity index (χ4n) is 2.04. The van der Waals surface area contributed by atoms with Crippen molar-refractivity contribution in [2.24, 2.45) is 0 Å². The predicted octanol–water partition coefficient (Wildman–Crippen LogP) is 1.80. The van der Waals surface area contributed by atoms with Gasteiger partial charge in [0.1, 0.15) is 4.60 Å². The van der Waals surface area contributed by atoms with Crippen LogP contribution in [0.5, 0.6) is 0 Å². The zero-order valence-corrected chi connectivity index (χ0v) is 12.6. The van der Waals surface area contributed by atoms with Crippen LogP contribution in [0.25, 0.3) is 0 Å². The molecule has 0 aromatic carbocycles. The third-order valence-electron chi connectivity index (χ3n) is 2.72. The van der Waals surface area contributed by atoms with Crippen LogP contribution in [0.4, 0.5) is 5.13 Å². The molecule has 0 amide bonds. The summed E-state index contributed by atoms with van der Waals surface area (Å²) in [6.07, 6.45) is 0. The molecule has 1 saturated heterocycles. The maximum absolute atomic E-state index is 9.78. The van der Waals surface area contributed by atoms with Crippen LogP contribution in [0.2, 0.25) is 0 Å². The highest BCUT2D eigenvalue weighted by atomic mass is 79.9. The van der Waals surface area contributed by atoms with E-state index >= 15 is 0 Å². The number of nitrogens with zero attached hydrogens (tertiary/aromatic N) is 3. The van der Waals surface area contributed by atoms with Gasteiger partial charge in [-0.25, -0.2) is 4.98 Å². The van der Waals surface area contributed by atoms with Crippen LogP contribution in [0.15, 0.2) is 9.98 Å². The zero-order valence-electron chi connectivity index (χ0n) is 10.2. The molecule has 2 rings (SSSR count). The summed E-state index contributed by atoms with van der Waals surface area (Å²) in [5.41, 5.74) is -0.605. The van der Waals surface area contributed by atoms with Crippen LogP contribution in [-0.2, 0) is 0 Å². The molecule has 0 aliphatic carbocycles. The Morgan fingerprint density at radius 1 is 1.41 bits per heavy atom. The van der Waals surface area contributed by atoms with Crippen molar-refractivity contribution >= 4 is 32.4 Å². The van der Waals surface area contributed by atoms with Gasteiger partial charge in [0.15, 0.2) is 5.13 Å². The molecule has 0 atom stereocenters. The average molecular weight is 320 g/mol. The second kappa shape index (κ2) is 5.22. The molecule has 6 heteroatoms. The smallest absolute Gasteiger partial charge is 0.186 e. The van der Waals surface area contributed by atoms with Crippen LogP contribution in [-0.4, -0.2) is 53.3 Å². The van der Waals surface area contributed by atoms with Gasteiger partial charge >= 0.3 is 0 Å². The first-order chi connectivity index (χ1) is 7.94. The van der Waals surface area contributed by atoms with Crippen molar-refractivity contribution in [3.05, 3.63) is 9.98 Å². The van der Waals surface area contributed by atoms with Crippen LogP contribution < -0.4 is 4.90 Å². The van der Waals surface area contributed by atoms with E-state index < -0.39 is 5.60 Å². The summed E-state index contributed by atoms with van der Waals surface area (Å²) in [6.45, 7) is 8.39. The molecule has 96 valence electrons. The van der Waals surface area contributed by atoms with E-state index in [1.165, 1.54) is 0 Å². The third-order valence-corrected chi connectivity index (χ3v) is 4.33. The molecule has 0 saturated carbocycles. The summed E-state index contributed by atoms with van der Waals surface area (Å²) < 4.78 is 0.913. The Labute approximate surface area is 114 Å². The quantitative estimate of drug-likeness (QED) is 0.922. The third kappa shape index (κ3) is 3.91. The lowest BCUT2D eigenvalue weighted by atomic mass is 10.1. The molecule has 0 bridgehead atoms. The highest BCUT2D eigenvalue weighted by Gasteiger charge is 2.23. The second-order valence-electron chi connectivity index (χ2n) is 5.03. The molecule has 2 heterocycles. The lowest BCUT2D eigenvalue weighted by Gasteiger charge is -2.37. The lowest BCUT2D eigenvalue weighted by Crippen LogP contribution is -2.50. The number of rotatable bonds is 3. The normalized spacial score (nSPS) is 18.7. The Hall–Kier alpha value is -0.170. The minimum absolute atomic E-state index is 0.605. The van der Waals surface area contributed by atoms with Crippen molar-refractivity contribution < 1.29 is 5.11 Å². The number of aliphatic hydroxyl groups is 1. The van der Waals surface area contributed by atoms with E-state index in [0.717, 1.165) is 42.5 Å². The monoisotopic (exact) mass is 319 g/mol. The number of β-amino-alcohol motifs (C(OH)–C–C–N with tert-alkyl or cyclic N) is 1. The van der Waals surface area contributed by atoms with Crippen LogP contribution in [0, 0.1) is 0 Å². The fraction of sp³-hybridized carbons (Fsp3) is 0.727. The maximum atomic E-state index is 9.78. The highest BCUT2D eigenvalue weighted by molar-refractivity contribution is 9.10. The van der Waals surface area contributed by atoms with E-state index in [0.29, 0.717) is 0 Å². The van der Waals surface area contributed by atoms with Crippen molar-refractivity contribution in [2.45, 2.75) is 19.4 Å². The molecule has 0 unspecified atom stereocenters.